The van der Waals surface area contributed by atoms with Gasteiger partial charge in [0.1, 0.15) is 10.9 Å². The Morgan fingerprint density at radius 3 is 2.17 bits per heavy atom. The number of hydrogen-bond donors (Lipinski definition) is 3. The molecule has 0 saturated heterocycles. The number of nitro benzene ring substituents is 1. The molecule has 3 N–H and O–H groups in total. The number of benzene rings is 5. The zero-order valence-electron chi connectivity index (χ0n) is 27.1. The van der Waals surface area contributed by atoms with E-state index in [1.807, 2.05) is 53.9 Å². The van der Waals surface area contributed by atoms with Crippen molar-refractivity contribution in [2.45, 2.75) is 10.1 Å². The topological polar surface area (TPSA) is 143 Å². The van der Waals surface area contributed by atoms with E-state index >= 15 is 0 Å². The van der Waals surface area contributed by atoms with Crippen LogP contribution in [0.2, 0.25) is 5.02 Å². The van der Waals surface area contributed by atoms with E-state index in [2.05, 4.69) is 20.9 Å². The van der Waals surface area contributed by atoms with Gasteiger partial charge in [0.2, 0.25) is 5.91 Å². The molecule has 6 rings (SSSR count). The SMILES string of the molecule is O=C(Nc1ccc(SC(C(=O)Nc2nc(-c3ccccc3Cl)cs2)c2ccccc2)cc1)/C(=C/c1ccccc1[N+](=O)[O-])NC(=O)c1ccccc1. The molecule has 0 bridgehead atoms. The number of carbonyl (C=O) groups excluding carboxylic acids is 3. The number of carbonyl (C=O) groups is 3. The van der Waals surface area contributed by atoms with E-state index in [-0.39, 0.29) is 22.9 Å². The summed E-state index contributed by atoms with van der Waals surface area (Å²) in [4.78, 5) is 56.7. The maximum Gasteiger partial charge on any atom is 0.276 e. The molecule has 1 atom stereocenters. The van der Waals surface area contributed by atoms with Crippen molar-refractivity contribution in [3.63, 3.8) is 0 Å². The summed E-state index contributed by atoms with van der Waals surface area (Å²) >= 11 is 8.97. The highest BCUT2D eigenvalue weighted by Gasteiger charge is 2.24. The minimum absolute atomic E-state index is 0.140. The van der Waals surface area contributed by atoms with E-state index in [4.69, 9.17) is 11.6 Å². The third-order valence-electron chi connectivity index (χ3n) is 7.55. The number of hydrogen-bond acceptors (Lipinski definition) is 8. The molecule has 1 aromatic heterocycles. The molecule has 3 amide bonds. The number of halogens is 1. The number of nitrogens with one attached hydrogen (secondary N) is 3. The summed E-state index contributed by atoms with van der Waals surface area (Å²) in [7, 11) is 0. The first-order valence-electron chi connectivity index (χ1n) is 15.7. The van der Waals surface area contributed by atoms with Crippen LogP contribution in [0, 0.1) is 10.1 Å². The van der Waals surface area contributed by atoms with Crippen molar-refractivity contribution in [2.75, 3.05) is 10.6 Å². The number of para-hydroxylation sites is 1. The van der Waals surface area contributed by atoms with Gasteiger partial charge in [-0.3, -0.25) is 24.5 Å². The lowest BCUT2D eigenvalue weighted by Crippen LogP contribution is -2.30. The highest BCUT2D eigenvalue weighted by molar-refractivity contribution is 8.00. The van der Waals surface area contributed by atoms with Gasteiger partial charge in [-0.2, -0.15) is 0 Å². The molecule has 6 aromatic rings. The maximum atomic E-state index is 13.7. The predicted molar refractivity (Wildman–Crippen MR) is 206 cm³/mol. The zero-order chi connectivity index (χ0) is 36.5. The molecule has 13 heteroatoms. The summed E-state index contributed by atoms with van der Waals surface area (Å²) in [6, 6.07) is 37.8. The first-order chi connectivity index (χ1) is 25.2. The number of thioether (sulfide) groups is 1. The molecule has 0 aliphatic carbocycles. The first kappa shape index (κ1) is 35.7. The van der Waals surface area contributed by atoms with Gasteiger partial charge >= 0.3 is 0 Å². The Kier molecular flexibility index (Phi) is 11.5. The van der Waals surface area contributed by atoms with E-state index in [0.29, 0.717) is 27.1 Å². The highest BCUT2D eigenvalue weighted by atomic mass is 35.5. The number of amides is 3. The Hall–Kier alpha value is -6.08. The molecular weight excluding hydrogens is 718 g/mol. The lowest BCUT2D eigenvalue weighted by Gasteiger charge is -2.17. The van der Waals surface area contributed by atoms with Crippen molar-refractivity contribution in [2.24, 2.45) is 0 Å². The monoisotopic (exact) mass is 745 g/mol. The third-order valence-corrected chi connectivity index (χ3v) is 9.91. The van der Waals surface area contributed by atoms with Crippen molar-refractivity contribution in [1.29, 1.82) is 0 Å². The largest absolute Gasteiger partial charge is 0.321 e. The third kappa shape index (κ3) is 8.98. The van der Waals surface area contributed by atoms with Crippen LogP contribution < -0.4 is 16.0 Å². The number of anilines is 2. The zero-order valence-corrected chi connectivity index (χ0v) is 29.5. The summed E-state index contributed by atoms with van der Waals surface area (Å²) in [5, 5.41) is 22.2. The Labute approximate surface area is 311 Å². The molecule has 10 nitrogen and oxygen atoms in total. The van der Waals surface area contributed by atoms with E-state index in [9.17, 15) is 24.5 Å². The van der Waals surface area contributed by atoms with Crippen LogP contribution in [0.1, 0.15) is 26.7 Å². The van der Waals surface area contributed by atoms with Gasteiger partial charge in [0.15, 0.2) is 5.13 Å². The summed E-state index contributed by atoms with van der Waals surface area (Å²) < 4.78 is 0. The lowest BCUT2D eigenvalue weighted by molar-refractivity contribution is -0.385. The van der Waals surface area contributed by atoms with E-state index in [1.54, 1.807) is 66.7 Å². The van der Waals surface area contributed by atoms with Crippen LogP contribution in [0.15, 0.2) is 149 Å². The van der Waals surface area contributed by atoms with Gasteiger partial charge in [0.05, 0.1) is 16.2 Å². The molecule has 1 heterocycles. The fraction of sp³-hybridized carbons (Fsp3) is 0.0256. The second kappa shape index (κ2) is 16.8. The Morgan fingerprint density at radius 2 is 1.46 bits per heavy atom. The molecule has 258 valence electrons. The van der Waals surface area contributed by atoms with Crippen LogP contribution in [0.25, 0.3) is 17.3 Å². The highest BCUT2D eigenvalue weighted by Crippen LogP contribution is 2.38. The van der Waals surface area contributed by atoms with Gasteiger partial charge in [-0.25, -0.2) is 4.98 Å². The van der Waals surface area contributed by atoms with Gasteiger partial charge in [0, 0.05) is 38.2 Å². The number of thiazole rings is 1. The van der Waals surface area contributed by atoms with Crippen molar-refractivity contribution in [1.82, 2.24) is 10.3 Å². The van der Waals surface area contributed by atoms with Crippen LogP contribution in [-0.4, -0.2) is 27.6 Å². The summed E-state index contributed by atoms with van der Waals surface area (Å²) in [6.45, 7) is 0. The number of nitrogens with zero attached hydrogens (tertiary/aromatic N) is 2. The summed E-state index contributed by atoms with van der Waals surface area (Å²) in [6.07, 6.45) is 1.27. The molecule has 1 unspecified atom stereocenters. The quantitative estimate of drug-likeness (QED) is 0.0490. The van der Waals surface area contributed by atoms with Gasteiger partial charge in [0.25, 0.3) is 17.5 Å². The molecule has 0 aliphatic rings. The van der Waals surface area contributed by atoms with Crippen molar-refractivity contribution in [3.8, 4) is 11.3 Å². The molecule has 5 aromatic carbocycles. The molecule has 0 saturated carbocycles. The minimum atomic E-state index is -0.691. The van der Waals surface area contributed by atoms with Crippen LogP contribution in [-0.2, 0) is 9.59 Å². The van der Waals surface area contributed by atoms with Crippen LogP contribution >= 0.6 is 34.7 Å². The number of rotatable bonds is 12. The maximum absolute atomic E-state index is 13.7. The van der Waals surface area contributed by atoms with Crippen LogP contribution in [0.5, 0.6) is 0 Å². The first-order valence-corrected chi connectivity index (χ1v) is 17.8. The predicted octanol–water partition coefficient (Wildman–Crippen LogP) is 9.25. The number of aromatic nitrogens is 1. The molecule has 0 aliphatic heterocycles. The Bertz CT molecular complexity index is 2260. The fourth-order valence-electron chi connectivity index (χ4n) is 5.02. The average molecular weight is 746 g/mol. The number of nitro groups is 1. The van der Waals surface area contributed by atoms with Gasteiger partial charge in [-0.05, 0) is 60.2 Å². The van der Waals surface area contributed by atoms with Crippen LogP contribution in [0.4, 0.5) is 16.5 Å². The summed E-state index contributed by atoms with van der Waals surface area (Å²) in [5.74, 6) is -1.52. The molecular formula is C39H28ClN5O5S2. The van der Waals surface area contributed by atoms with E-state index in [1.165, 1.54) is 47.4 Å². The van der Waals surface area contributed by atoms with Crippen LogP contribution in [0.3, 0.4) is 0 Å². The second-order valence-corrected chi connectivity index (χ2v) is 13.5. The van der Waals surface area contributed by atoms with Gasteiger partial charge in [-0.1, -0.05) is 90.5 Å². The molecule has 0 fully saturated rings. The smallest absolute Gasteiger partial charge is 0.276 e. The van der Waals surface area contributed by atoms with Crippen molar-refractivity contribution < 1.29 is 19.3 Å². The van der Waals surface area contributed by atoms with Crippen molar-refractivity contribution >= 4 is 75.0 Å². The Balaban J connectivity index is 1.19. The standard InChI is InChI=1S/C39H28ClN5O5S2/c40-31-17-9-8-16-30(31)33-24-51-39(43-33)44-38(48)35(25-11-3-1-4-12-25)52-29-21-19-28(20-22-29)41-37(47)32(42-36(46)26-13-5-2-6-14-26)23-27-15-7-10-18-34(27)45(49)50/h1-24,35H,(H,41,47)(H,42,46)(H,43,44,48)/b32-23-. The fourth-order valence-corrected chi connectivity index (χ4v) is 6.99. The second-order valence-electron chi connectivity index (χ2n) is 11.1. The van der Waals surface area contributed by atoms with E-state index in [0.717, 1.165) is 16.0 Å². The lowest BCUT2D eigenvalue weighted by atomic mass is 10.1. The Morgan fingerprint density at radius 1 is 0.808 bits per heavy atom. The molecule has 52 heavy (non-hydrogen) atoms. The molecule has 0 radical (unpaired) electrons. The van der Waals surface area contributed by atoms with Gasteiger partial charge in [-0.15, -0.1) is 23.1 Å². The normalized spacial score (nSPS) is 11.7. The average Bonchev–Trinajstić information content (AvgIpc) is 3.63. The summed E-state index contributed by atoms with van der Waals surface area (Å²) in [5.41, 5.74) is 2.63. The van der Waals surface area contributed by atoms with Crippen molar-refractivity contribution in [3.05, 3.63) is 176 Å². The van der Waals surface area contributed by atoms with Gasteiger partial charge < -0.3 is 16.0 Å². The minimum Gasteiger partial charge on any atom is -0.321 e. The molecule has 0 spiro atoms. The van der Waals surface area contributed by atoms with E-state index < -0.39 is 22.0 Å².